The third-order valence-corrected chi connectivity index (χ3v) is 1.77. The number of pyridine rings is 1. The molecule has 0 atom stereocenters. The van der Waals surface area contributed by atoms with Gasteiger partial charge in [0, 0.05) is 12.3 Å². The number of aromatic nitrogens is 2. The van der Waals surface area contributed by atoms with E-state index in [0.29, 0.717) is 10.4 Å². The first-order valence-electron chi connectivity index (χ1n) is 3.40. The van der Waals surface area contributed by atoms with Crippen LogP contribution in [0.3, 0.4) is 0 Å². The van der Waals surface area contributed by atoms with Crippen molar-refractivity contribution in [2.75, 3.05) is 0 Å². The van der Waals surface area contributed by atoms with Gasteiger partial charge in [0.25, 0.3) is 0 Å². The molecule has 0 radical (unpaired) electrons. The van der Waals surface area contributed by atoms with Crippen LogP contribution in [0.5, 0.6) is 0 Å². The first kappa shape index (κ1) is 7.49. The second kappa shape index (κ2) is 3.06. The molecule has 0 aliphatic carbocycles. The minimum Gasteiger partial charge on any atom is -0.353 e. The average molecular weight is 225 g/mol. The summed E-state index contributed by atoms with van der Waals surface area (Å²) in [5.41, 5.74) is 0.788. The van der Waals surface area contributed by atoms with E-state index in [2.05, 4.69) is 26.1 Å². The molecule has 3 nitrogen and oxygen atoms in total. The normalized spacial score (nSPS) is 10.1. The van der Waals surface area contributed by atoms with E-state index in [1.54, 1.807) is 12.3 Å². The summed E-state index contributed by atoms with van der Waals surface area (Å²) < 4.78 is 5.67. The van der Waals surface area contributed by atoms with E-state index >= 15 is 0 Å². The maximum absolute atomic E-state index is 4.99. The highest BCUT2D eigenvalue weighted by Gasteiger charge is 2.03. The van der Waals surface area contributed by atoms with Crippen molar-refractivity contribution in [1.82, 2.24) is 10.1 Å². The molecule has 0 saturated heterocycles. The lowest BCUT2D eigenvalue weighted by Crippen LogP contribution is -1.76. The summed E-state index contributed by atoms with van der Waals surface area (Å²) in [7, 11) is 0. The van der Waals surface area contributed by atoms with Gasteiger partial charge in [0.15, 0.2) is 5.76 Å². The van der Waals surface area contributed by atoms with E-state index in [4.69, 9.17) is 4.52 Å². The fourth-order valence-electron chi connectivity index (χ4n) is 0.883. The van der Waals surface area contributed by atoms with Crippen LogP contribution in [0.4, 0.5) is 0 Å². The molecule has 0 aliphatic rings. The van der Waals surface area contributed by atoms with E-state index in [0.717, 1.165) is 5.69 Å². The van der Waals surface area contributed by atoms with Crippen LogP contribution in [0.15, 0.2) is 39.6 Å². The molecule has 2 aromatic heterocycles. The molecule has 0 bridgehead atoms. The monoisotopic (exact) mass is 224 g/mol. The van der Waals surface area contributed by atoms with Gasteiger partial charge >= 0.3 is 0 Å². The van der Waals surface area contributed by atoms with Gasteiger partial charge < -0.3 is 4.52 Å². The molecule has 0 unspecified atom stereocenters. The summed E-state index contributed by atoms with van der Waals surface area (Å²) in [6.07, 6.45) is 1.71. The third kappa shape index (κ3) is 1.38. The van der Waals surface area contributed by atoms with Crippen LogP contribution in [0.2, 0.25) is 0 Å². The predicted octanol–water partition coefficient (Wildman–Crippen LogP) is 2.50. The van der Waals surface area contributed by atoms with Gasteiger partial charge in [0.1, 0.15) is 10.3 Å². The van der Waals surface area contributed by atoms with Crippen molar-refractivity contribution in [2.24, 2.45) is 0 Å². The minimum atomic E-state index is 0.669. The Balaban J connectivity index is 2.45. The second-order valence-corrected chi connectivity index (χ2v) is 3.04. The Morgan fingerprint density at radius 2 is 2.25 bits per heavy atom. The highest BCUT2D eigenvalue weighted by molar-refractivity contribution is 9.10. The van der Waals surface area contributed by atoms with Gasteiger partial charge in [0.05, 0.1) is 0 Å². The molecule has 0 amide bonds. The molecule has 0 N–H and O–H groups in total. The molecule has 2 rings (SSSR count). The minimum absolute atomic E-state index is 0.669. The number of halogens is 1. The van der Waals surface area contributed by atoms with Gasteiger partial charge in [-0.2, -0.15) is 0 Å². The molecule has 0 fully saturated rings. The summed E-state index contributed by atoms with van der Waals surface area (Å²) in [6.45, 7) is 0. The molecule has 60 valence electrons. The highest BCUT2D eigenvalue weighted by atomic mass is 79.9. The zero-order chi connectivity index (χ0) is 8.39. The second-order valence-electron chi connectivity index (χ2n) is 2.23. The van der Waals surface area contributed by atoms with Crippen molar-refractivity contribution in [2.45, 2.75) is 0 Å². The van der Waals surface area contributed by atoms with Crippen LogP contribution in [-0.2, 0) is 0 Å². The van der Waals surface area contributed by atoms with E-state index in [9.17, 15) is 0 Å². The van der Waals surface area contributed by atoms with Crippen molar-refractivity contribution in [3.05, 3.63) is 35.1 Å². The fraction of sp³-hybridized carbons (Fsp3) is 0. The van der Waals surface area contributed by atoms with E-state index in [-0.39, 0.29) is 0 Å². The molecule has 0 aliphatic heterocycles. The quantitative estimate of drug-likeness (QED) is 0.748. The van der Waals surface area contributed by atoms with Gasteiger partial charge in [-0.25, -0.2) is 0 Å². The van der Waals surface area contributed by atoms with Crippen molar-refractivity contribution < 1.29 is 4.52 Å². The SMILES string of the molecule is Brc1cc(-c2ccccn2)on1. The average Bonchev–Trinajstić information content (AvgIpc) is 2.54. The first-order valence-corrected chi connectivity index (χ1v) is 4.19. The lowest BCUT2D eigenvalue weighted by atomic mass is 10.3. The molecule has 12 heavy (non-hydrogen) atoms. The first-order chi connectivity index (χ1) is 5.86. The molecule has 2 aromatic rings. The smallest absolute Gasteiger partial charge is 0.186 e. The number of nitrogens with zero attached hydrogens (tertiary/aromatic N) is 2. The lowest BCUT2D eigenvalue weighted by molar-refractivity contribution is 0.426. The van der Waals surface area contributed by atoms with Gasteiger partial charge in [-0.1, -0.05) is 11.2 Å². The van der Waals surface area contributed by atoms with Gasteiger partial charge in [0.2, 0.25) is 0 Å². The van der Waals surface area contributed by atoms with Crippen molar-refractivity contribution in [1.29, 1.82) is 0 Å². The summed E-state index contributed by atoms with van der Waals surface area (Å²) in [5, 5.41) is 3.69. The van der Waals surface area contributed by atoms with Crippen LogP contribution in [0.1, 0.15) is 0 Å². The maximum atomic E-state index is 4.99. The van der Waals surface area contributed by atoms with Crippen LogP contribution >= 0.6 is 15.9 Å². The largest absolute Gasteiger partial charge is 0.353 e. The zero-order valence-corrected chi connectivity index (χ0v) is 7.65. The Labute approximate surface area is 77.5 Å². The topological polar surface area (TPSA) is 38.9 Å². The predicted molar refractivity (Wildman–Crippen MR) is 47.4 cm³/mol. The number of hydrogen-bond acceptors (Lipinski definition) is 3. The van der Waals surface area contributed by atoms with E-state index < -0.39 is 0 Å². The van der Waals surface area contributed by atoms with E-state index in [1.165, 1.54) is 0 Å². The Hall–Kier alpha value is -1.16. The number of rotatable bonds is 1. The molecule has 0 saturated carbocycles. The van der Waals surface area contributed by atoms with Crippen LogP contribution in [0, 0.1) is 0 Å². The molecule has 4 heteroatoms. The van der Waals surface area contributed by atoms with Crippen molar-refractivity contribution in [3.8, 4) is 11.5 Å². The molecule has 0 spiro atoms. The summed E-state index contributed by atoms with van der Waals surface area (Å²) in [5.74, 6) is 0.669. The number of hydrogen-bond donors (Lipinski definition) is 0. The summed E-state index contributed by atoms with van der Waals surface area (Å²) in [6, 6.07) is 7.41. The molecule has 0 aromatic carbocycles. The Kier molecular flexibility index (Phi) is 1.91. The van der Waals surface area contributed by atoms with Crippen molar-refractivity contribution in [3.63, 3.8) is 0 Å². The van der Waals surface area contributed by atoms with Crippen molar-refractivity contribution >= 4 is 15.9 Å². The Morgan fingerprint density at radius 3 is 2.83 bits per heavy atom. The highest BCUT2D eigenvalue weighted by Crippen LogP contribution is 2.19. The standard InChI is InChI=1S/C8H5BrN2O/c9-8-5-7(12-11-8)6-3-1-2-4-10-6/h1-5H. The van der Waals surface area contributed by atoms with Gasteiger partial charge in [-0.05, 0) is 28.1 Å². The summed E-state index contributed by atoms with van der Waals surface area (Å²) in [4.78, 5) is 4.11. The van der Waals surface area contributed by atoms with Crippen LogP contribution < -0.4 is 0 Å². The maximum Gasteiger partial charge on any atom is 0.186 e. The molecular formula is C8H5BrN2O. The molecule has 2 heterocycles. The lowest BCUT2D eigenvalue weighted by Gasteiger charge is -1.89. The Bertz CT molecular complexity index is 372. The van der Waals surface area contributed by atoms with E-state index in [1.807, 2.05) is 18.2 Å². The van der Waals surface area contributed by atoms with Crippen LogP contribution in [-0.4, -0.2) is 10.1 Å². The Morgan fingerprint density at radius 1 is 1.33 bits per heavy atom. The zero-order valence-electron chi connectivity index (χ0n) is 6.07. The fourth-order valence-corrected chi connectivity index (χ4v) is 1.16. The summed E-state index contributed by atoms with van der Waals surface area (Å²) >= 11 is 3.20. The third-order valence-electron chi connectivity index (χ3n) is 1.40. The van der Waals surface area contributed by atoms with Gasteiger partial charge in [-0.15, -0.1) is 0 Å². The van der Waals surface area contributed by atoms with Crippen LogP contribution in [0.25, 0.3) is 11.5 Å². The van der Waals surface area contributed by atoms with Gasteiger partial charge in [-0.3, -0.25) is 4.98 Å². The molecular weight excluding hydrogens is 220 g/mol.